The zero-order valence-corrected chi connectivity index (χ0v) is 13.6. The molecule has 20 heavy (non-hydrogen) atoms. The smallest absolute Gasteiger partial charge is 0.185 e. The van der Waals surface area contributed by atoms with Gasteiger partial charge in [-0.05, 0) is 44.4 Å². The molecule has 3 nitrogen and oxygen atoms in total. The van der Waals surface area contributed by atoms with Gasteiger partial charge in [0.15, 0.2) is 5.13 Å². The summed E-state index contributed by atoms with van der Waals surface area (Å²) in [5, 5.41) is 4.78. The molecule has 0 bridgehead atoms. The summed E-state index contributed by atoms with van der Waals surface area (Å²) in [6.45, 7) is 3.33. The van der Waals surface area contributed by atoms with Gasteiger partial charge in [-0.15, -0.1) is 11.3 Å². The van der Waals surface area contributed by atoms with E-state index in [2.05, 4.69) is 35.4 Å². The fraction of sp³-hybridized carbons (Fsp3) is 0.812. The van der Waals surface area contributed by atoms with Gasteiger partial charge in [-0.3, -0.25) is 0 Å². The summed E-state index contributed by atoms with van der Waals surface area (Å²) in [5.74, 6) is 0.967. The van der Waals surface area contributed by atoms with E-state index in [0.717, 1.165) is 18.5 Å². The van der Waals surface area contributed by atoms with Gasteiger partial charge in [-0.25, -0.2) is 4.98 Å². The molecule has 2 fully saturated rings. The monoisotopic (exact) mass is 293 g/mol. The second kappa shape index (κ2) is 6.44. The molecule has 0 atom stereocenters. The lowest BCUT2D eigenvalue weighted by Crippen LogP contribution is -2.35. The first kappa shape index (κ1) is 14.3. The topological polar surface area (TPSA) is 28.2 Å². The van der Waals surface area contributed by atoms with Crippen molar-refractivity contribution in [1.82, 2.24) is 10.3 Å². The van der Waals surface area contributed by atoms with Crippen LogP contribution in [0.2, 0.25) is 0 Å². The van der Waals surface area contributed by atoms with Gasteiger partial charge in [0, 0.05) is 36.8 Å². The second-order valence-corrected chi connectivity index (χ2v) is 7.55. The van der Waals surface area contributed by atoms with Gasteiger partial charge < -0.3 is 10.2 Å². The van der Waals surface area contributed by atoms with E-state index in [9.17, 15) is 0 Å². The van der Waals surface area contributed by atoms with E-state index in [1.165, 1.54) is 55.0 Å². The van der Waals surface area contributed by atoms with Crippen LogP contribution in [0.1, 0.15) is 56.7 Å². The second-order valence-electron chi connectivity index (χ2n) is 6.46. The average Bonchev–Trinajstić information content (AvgIpc) is 3.21. The molecule has 2 aliphatic carbocycles. The van der Waals surface area contributed by atoms with Crippen molar-refractivity contribution in [1.29, 1.82) is 0 Å². The molecular weight excluding hydrogens is 266 g/mol. The number of rotatable bonds is 6. The molecule has 2 aliphatic rings. The van der Waals surface area contributed by atoms with Gasteiger partial charge >= 0.3 is 0 Å². The third-order valence-corrected chi connectivity index (χ3v) is 6.01. The molecule has 1 heterocycles. The Labute approximate surface area is 126 Å². The van der Waals surface area contributed by atoms with Crippen LogP contribution >= 0.6 is 11.3 Å². The zero-order valence-electron chi connectivity index (χ0n) is 12.8. The molecule has 0 saturated heterocycles. The van der Waals surface area contributed by atoms with Gasteiger partial charge in [0.2, 0.25) is 0 Å². The van der Waals surface area contributed by atoms with Gasteiger partial charge in [-0.2, -0.15) is 0 Å². The Morgan fingerprint density at radius 2 is 2.00 bits per heavy atom. The summed E-state index contributed by atoms with van der Waals surface area (Å²) >= 11 is 1.86. The molecular formula is C16H27N3S. The Hall–Kier alpha value is -0.610. The quantitative estimate of drug-likeness (QED) is 0.864. The van der Waals surface area contributed by atoms with Crippen LogP contribution in [-0.2, 0) is 6.54 Å². The summed E-state index contributed by atoms with van der Waals surface area (Å²) < 4.78 is 0. The van der Waals surface area contributed by atoms with Crippen molar-refractivity contribution >= 4 is 16.5 Å². The van der Waals surface area contributed by atoms with E-state index in [-0.39, 0.29) is 0 Å². The summed E-state index contributed by atoms with van der Waals surface area (Å²) in [4.78, 5) is 8.44. The molecule has 1 aromatic heterocycles. The molecule has 0 amide bonds. The molecule has 0 unspecified atom stereocenters. The molecule has 3 rings (SSSR count). The lowest BCUT2D eigenvalue weighted by atomic mass is 9.84. The maximum atomic E-state index is 4.63. The van der Waals surface area contributed by atoms with Crippen LogP contribution in [0.15, 0.2) is 6.20 Å². The Morgan fingerprint density at radius 3 is 2.65 bits per heavy atom. The summed E-state index contributed by atoms with van der Waals surface area (Å²) in [6, 6.07) is 1.48. The summed E-state index contributed by atoms with van der Waals surface area (Å²) in [5.41, 5.74) is 0. The first-order valence-electron chi connectivity index (χ1n) is 8.17. The van der Waals surface area contributed by atoms with Crippen molar-refractivity contribution < 1.29 is 0 Å². The number of hydrogen-bond donors (Lipinski definition) is 1. The number of thiazole rings is 1. The molecule has 4 heteroatoms. The van der Waals surface area contributed by atoms with Crippen molar-refractivity contribution in [2.24, 2.45) is 5.92 Å². The van der Waals surface area contributed by atoms with Crippen LogP contribution in [0.4, 0.5) is 5.13 Å². The first-order valence-corrected chi connectivity index (χ1v) is 8.98. The zero-order chi connectivity index (χ0) is 13.9. The van der Waals surface area contributed by atoms with Crippen LogP contribution in [0.3, 0.4) is 0 Å². The van der Waals surface area contributed by atoms with E-state index in [1.807, 2.05) is 11.3 Å². The predicted molar refractivity (Wildman–Crippen MR) is 86.4 cm³/mol. The van der Waals surface area contributed by atoms with E-state index in [1.54, 1.807) is 0 Å². The Morgan fingerprint density at radius 1 is 1.25 bits per heavy atom. The first-order chi connectivity index (χ1) is 9.76. The van der Waals surface area contributed by atoms with Crippen LogP contribution in [-0.4, -0.2) is 24.1 Å². The number of anilines is 1. The SMILES string of the molecule is CCC1CCC(N(C)c2ncc(CNC3CC3)s2)CC1. The molecule has 1 aromatic rings. The van der Waals surface area contributed by atoms with Crippen molar-refractivity contribution in [3.63, 3.8) is 0 Å². The molecule has 2 saturated carbocycles. The van der Waals surface area contributed by atoms with Crippen LogP contribution < -0.4 is 10.2 Å². The highest BCUT2D eigenvalue weighted by Crippen LogP contribution is 2.32. The molecule has 0 radical (unpaired) electrons. The molecule has 0 spiro atoms. The van der Waals surface area contributed by atoms with E-state index in [0.29, 0.717) is 6.04 Å². The van der Waals surface area contributed by atoms with Crippen molar-refractivity contribution in [2.75, 3.05) is 11.9 Å². The largest absolute Gasteiger partial charge is 0.348 e. The number of nitrogens with zero attached hydrogens (tertiary/aromatic N) is 2. The fourth-order valence-corrected chi connectivity index (χ4v) is 4.06. The maximum Gasteiger partial charge on any atom is 0.185 e. The van der Waals surface area contributed by atoms with Crippen molar-refractivity contribution in [3.8, 4) is 0 Å². The third-order valence-electron chi connectivity index (χ3n) is 4.93. The minimum Gasteiger partial charge on any atom is -0.348 e. The third kappa shape index (κ3) is 3.53. The number of aromatic nitrogens is 1. The fourth-order valence-electron chi connectivity index (χ4n) is 3.17. The van der Waals surface area contributed by atoms with Gasteiger partial charge in [0.25, 0.3) is 0 Å². The Balaban J connectivity index is 1.52. The minimum absolute atomic E-state index is 0.702. The van der Waals surface area contributed by atoms with Gasteiger partial charge in [0.05, 0.1) is 0 Å². The van der Waals surface area contributed by atoms with Crippen LogP contribution in [0.5, 0.6) is 0 Å². The molecule has 0 aromatic carbocycles. The van der Waals surface area contributed by atoms with E-state index >= 15 is 0 Å². The Kier molecular flexibility index (Phi) is 4.61. The van der Waals surface area contributed by atoms with Crippen LogP contribution in [0, 0.1) is 5.92 Å². The van der Waals surface area contributed by atoms with Crippen molar-refractivity contribution in [3.05, 3.63) is 11.1 Å². The van der Waals surface area contributed by atoms with Gasteiger partial charge in [0.1, 0.15) is 0 Å². The van der Waals surface area contributed by atoms with Gasteiger partial charge in [-0.1, -0.05) is 13.3 Å². The molecule has 112 valence electrons. The Bertz CT molecular complexity index is 419. The van der Waals surface area contributed by atoms with E-state index < -0.39 is 0 Å². The normalized spacial score (nSPS) is 26.7. The molecule has 1 N–H and O–H groups in total. The lowest BCUT2D eigenvalue weighted by molar-refractivity contribution is 0.313. The highest BCUT2D eigenvalue weighted by atomic mass is 32.1. The summed E-state index contributed by atoms with van der Waals surface area (Å²) in [6.07, 6.45) is 11.6. The molecule has 0 aliphatic heterocycles. The highest BCUT2D eigenvalue weighted by Gasteiger charge is 2.25. The van der Waals surface area contributed by atoms with Crippen LogP contribution in [0.25, 0.3) is 0 Å². The maximum absolute atomic E-state index is 4.63. The van der Waals surface area contributed by atoms with E-state index in [4.69, 9.17) is 0 Å². The minimum atomic E-state index is 0.702. The number of hydrogen-bond acceptors (Lipinski definition) is 4. The summed E-state index contributed by atoms with van der Waals surface area (Å²) in [7, 11) is 2.23. The predicted octanol–water partition coefficient (Wildman–Crippen LogP) is 3.80. The number of nitrogens with one attached hydrogen (secondary N) is 1. The highest BCUT2D eigenvalue weighted by molar-refractivity contribution is 7.15. The van der Waals surface area contributed by atoms with Crippen molar-refractivity contribution in [2.45, 2.75) is 70.5 Å². The lowest BCUT2D eigenvalue weighted by Gasteiger charge is -2.34. The average molecular weight is 293 g/mol. The standard InChI is InChI=1S/C16H27N3S/c1-3-12-4-8-14(9-5-12)19(2)16-18-11-15(20-16)10-17-13-6-7-13/h11-14,17H,3-10H2,1-2H3.